The molecule has 1 N–H and O–H groups in total. The number of rotatable bonds is 7. The Morgan fingerprint density at radius 1 is 1.26 bits per heavy atom. The lowest BCUT2D eigenvalue weighted by Gasteiger charge is -2.25. The Morgan fingerprint density at radius 3 is 2.32 bits per heavy atom. The van der Waals surface area contributed by atoms with Gasteiger partial charge in [-0.05, 0) is 31.9 Å². The molecule has 0 aliphatic rings. The van der Waals surface area contributed by atoms with Crippen molar-refractivity contribution in [3.63, 3.8) is 0 Å². The maximum Gasteiger partial charge on any atom is 0.323 e. The number of aryl methyl sites for hydroxylation is 1. The Morgan fingerprint density at radius 2 is 1.89 bits per heavy atom. The molecule has 19 heavy (non-hydrogen) atoms. The molecule has 0 saturated carbocycles. The summed E-state index contributed by atoms with van der Waals surface area (Å²) in [4.78, 5) is 25.7. The van der Waals surface area contributed by atoms with E-state index in [9.17, 15) is 14.7 Å². The van der Waals surface area contributed by atoms with Crippen molar-refractivity contribution < 1.29 is 19.4 Å². The van der Waals surface area contributed by atoms with Crippen molar-refractivity contribution in [3.05, 3.63) is 21.9 Å². The summed E-state index contributed by atoms with van der Waals surface area (Å²) in [7, 11) is 0. The molecule has 0 spiro atoms. The van der Waals surface area contributed by atoms with Gasteiger partial charge in [-0.3, -0.25) is 9.59 Å². The molecule has 1 rings (SSSR count). The van der Waals surface area contributed by atoms with Crippen LogP contribution in [0.5, 0.6) is 0 Å². The molecule has 0 aliphatic carbocycles. The third kappa shape index (κ3) is 3.35. The van der Waals surface area contributed by atoms with E-state index in [1.165, 1.54) is 4.88 Å². The fourth-order valence-corrected chi connectivity index (χ4v) is 3.00. The molecule has 1 atom stereocenters. The second-order valence-corrected chi connectivity index (χ2v) is 5.61. The second kappa shape index (κ2) is 6.70. The van der Waals surface area contributed by atoms with E-state index in [-0.39, 0.29) is 19.4 Å². The molecule has 1 heterocycles. The average Bonchev–Trinajstić information content (AvgIpc) is 2.83. The normalized spacial score (nSPS) is 13.8. The Kier molecular flexibility index (Phi) is 5.54. The molecule has 0 bridgehead atoms. The van der Waals surface area contributed by atoms with Crippen LogP contribution in [0.4, 0.5) is 0 Å². The summed E-state index contributed by atoms with van der Waals surface area (Å²) in [5.41, 5.74) is -1.47. The molecule has 1 aromatic heterocycles. The molecule has 106 valence electrons. The third-order valence-corrected chi connectivity index (χ3v) is 4.45. The highest BCUT2D eigenvalue weighted by molar-refractivity contribution is 7.12. The maximum absolute atomic E-state index is 12.0. The Labute approximate surface area is 117 Å². The number of ether oxygens (including phenoxy) is 1. The predicted octanol–water partition coefficient (Wildman–Crippen LogP) is 2.90. The number of carboxylic acids is 1. The highest BCUT2D eigenvalue weighted by Crippen LogP contribution is 2.32. The van der Waals surface area contributed by atoms with Gasteiger partial charge in [0.05, 0.1) is 6.61 Å². The minimum Gasteiger partial charge on any atom is -0.480 e. The Balaban J connectivity index is 3.03. The molecule has 0 saturated heterocycles. The quantitative estimate of drug-likeness (QED) is 0.617. The first-order valence-electron chi connectivity index (χ1n) is 6.48. The van der Waals surface area contributed by atoms with Gasteiger partial charge in [-0.25, -0.2) is 0 Å². The van der Waals surface area contributed by atoms with Crippen LogP contribution in [-0.2, 0) is 27.2 Å². The van der Waals surface area contributed by atoms with Gasteiger partial charge in [0.15, 0.2) is 5.41 Å². The molecule has 1 aromatic rings. The number of carbonyl (C=O) groups excluding carboxylic acids is 1. The van der Waals surface area contributed by atoms with E-state index in [4.69, 9.17) is 4.74 Å². The molecule has 1 unspecified atom stereocenters. The van der Waals surface area contributed by atoms with Crippen LogP contribution in [0.1, 0.15) is 36.9 Å². The Bertz CT molecular complexity index is 452. The Hall–Kier alpha value is -1.36. The van der Waals surface area contributed by atoms with Gasteiger partial charge >= 0.3 is 11.9 Å². The summed E-state index contributed by atoms with van der Waals surface area (Å²) in [6.07, 6.45) is 1.33. The number of hydrogen-bond donors (Lipinski definition) is 1. The largest absolute Gasteiger partial charge is 0.480 e. The summed E-state index contributed by atoms with van der Waals surface area (Å²) < 4.78 is 4.95. The zero-order valence-electron chi connectivity index (χ0n) is 11.6. The SMILES string of the molecule is CCOC(=O)C(CC)(Cc1ccc(CC)s1)C(=O)O. The van der Waals surface area contributed by atoms with E-state index in [0.717, 1.165) is 11.3 Å². The summed E-state index contributed by atoms with van der Waals surface area (Å²) >= 11 is 1.56. The van der Waals surface area contributed by atoms with Crippen molar-refractivity contribution in [1.29, 1.82) is 0 Å². The fraction of sp³-hybridized carbons (Fsp3) is 0.571. The number of thiophene rings is 1. The third-order valence-electron chi connectivity index (χ3n) is 3.22. The highest BCUT2D eigenvalue weighted by atomic mass is 32.1. The van der Waals surface area contributed by atoms with Gasteiger partial charge < -0.3 is 9.84 Å². The summed E-state index contributed by atoms with van der Waals surface area (Å²) in [6, 6.07) is 3.88. The van der Waals surface area contributed by atoms with Crippen molar-refractivity contribution in [1.82, 2.24) is 0 Å². The lowest BCUT2D eigenvalue weighted by molar-refractivity contribution is -0.168. The van der Waals surface area contributed by atoms with Gasteiger partial charge in [-0.15, -0.1) is 11.3 Å². The molecule has 4 nitrogen and oxygen atoms in total. The second-order valence-electron chi connectivity index (χ2n) is 4.36. The first-order valence-corrected chi connectivity index (χ1v) is 7.30. The van der Waals surface area contributed by atoms with E-state index in [1.54, 1.807) is 25.2 Å². The van der Waals surface area contributed by atoms with E-state index in [1.807, 2.05) is 19.1 Å². The van der Waals surface area contributed by atoms with Crippen LogP contribution in [-0.4, -0.2) is 23.7 Å². The van der Waals surface area contributed by atoms with Crippen molar-refractivity contribution in [2.45, 2.75) is 40.0 Å². The lowest BCUT2D eigenvalue weighted by atomic mass is 9.81. The number of esters is 1. The molecule has 0 fully saturated rings. The molecule has 5 heteroatoms. The van der Waals surface area contributed by atoms with E-state index < -0.39 is 17.4 Å². The van der Waals surface area contributed by atoms with Crippen LogP contribution < -0.4 is 0 Å². The van der Waals surface area contributed by atoms with E-state index in [0.29, 0.717) is 0 Å². The predicted molar refractivity (Wildman–Crippen MR) is 74.4 cm³/mol. The van der Waals surface area contributed by atoms with Crippen LogP contribution in [0.15, 0.2) is 12.1 Å². The van der Waals surface area contributed by atoms with Crippen molar-refractivity contribution in [2.75, 3.05) is 6.61 Å². The van der Waals surface area contributed by atoms with Crippen molar-refractivity contribution >= 4 is 23.3 Å². The van der Waals surface area contributed by atoms with Crippen LogP contribution in [0.25, 0.3) is 0 Å². The van der Waals surface area contributed by atoms with Crippen molar-refractivity contribution in [2.24, 2.45) is 5.41 Å². The van der Waals surface area contributed by atoms with Crippen molar-refractivity contribution in [3.8, 4) is 0 Å². The molecular formula is C14H20O4S. The number of carboxylic acid groups (broad SMARTS) is 1. The van der Waals surface area contributed by atoms with E-state index >= 15 is 0 Å². The molecule has 0 aliphatic heterocycles. The molecule has 0 amide bonds. The minimum absolute atomic E-state index is 0.193. The zero-order valence-corrected chi connectivity index (χ0v) is 12.4. The highest BCUT2D eigenvalue weighted by Gasteiger charge is 2.46. The average molecular weight is 284 g/mol. The van der Waals surface area contributed by atoms with Gasteiger partial charge in [-0.1, -0.05) is 13.8 Å². The van der Waals surface area contributed by atoms with Crippen LogP contribution >= 0.6 is 11.3 Å². The minimum atomic E-state index is -1.47. The monoisotopic (exact) mass is 284 g/mol. The fourth-order valence-electron chi connectivity index (χ4n) is 1.93. The number of carbonyl (C=O) groups is 2. The van der Waals surface area contributed by atoms with E-state index in [2.05, 4.69) is 0 Å². The lowest BCUT2D eigenvalue weighted by Crippen LogP contribution is -2.42. The zero-order chi connectivity index (χ0) is 14.5. The first kappa shape index (κ1) is 15.7. The summed E-state index contributed by atoms with van der Waals surface area (Å²) in [5, 5.41) is 9.45. The maximum atomic E-state index is 12.0. The smallest absolute Gasteiger partial charge is 0.323 e. The summed E-state index contributed by atoms with van der Waals surface area (Å²) in [5.74, 6) is -1.75. The molecule has 0 radical (unpaired) electrons. The standard InChI is InChI=1S/C14H20O4S/c1-4-10-7-8-11(19-10)9-14(5-2,12(15)16)13(17)18-6-3/h7-8H,4-6,9H2,1-3H3,(H,15,16). The van der Waals surface area contributed by atoms with Gasteiger partial charge in [0.2, 0.25) is 0 Å². The first-order chi connectivity index (χ1) is 9.00. The van der Waals surface area contributed by atoms with Gasteiger partial charge in [-0.2, -0.15) is 0 Å². The molecule has 0 aromatic carbocycles. The van der Waals surface area contributed by atoms with Crippen LogP contribution in [0.3, 0.4) is 0 Å². The number of hydrogen-bond acceptors (Lipinski definition) is 4. The van der Waals surface area contributed by atoms with Gasteiger partial charge in [0, 0.05) is 16.2 Å². The topological polar surface area (TPSA) is 63.6 Å². The number of aliphatic carboxylic acids is 1. The molecular weight excluding hydrogens is 264 g/mol. The van der Waals surface area contributed by atoms with Crippen LogP contribution in [0.2, 0.25) is 0 Å². The van der Waals surface area contributed by atoms with Gasteiger partial charge in [0.25, 0.3) is 0 Å². The van der Waals surface area contributed by atoms with Crippen LogP contribution in [0, 0.1) is 5.41 Å². The van der Waals surface area contributed by atoms with Gasteiger partial charge in [0.1, 0.15) is 0 Å². The summed E-state index contributed by atoms with van der Waals surface area (Å²) in [6.45, 7) is 5.63.